The Kier molecular flexibility index (Phi) is 3.45. The monoisotopic (exact) mass is 382 g/mol. The van der Waals surface area contributed by atoms with E-state index in [1.54, 1.807) is 6.26 Å². The lowest BCUT2D eigenvalue weighted by Gasteiger charge is -1.99. The van der Waals surface area contributed by atoms with Crippen molar-refractivity contribution in [2.45, 2.75) is 4.90 Å². The third-order valence-corrected chi connectivity index (χ3v) is 4.58. The van der Waals surface area contributed by atoms with E-state index in [-0.39, 0.29) is 0 Å². The lowest BCUT2D eigenvalue weighted by molar-refractivity contribution is 0.622. The van der Waals surface area contributed by atoms with Crippen LogP contribution in [0.25, 0.3) is 22.3 Å². The number of rotatable bonds is 2. The first kappa shape index (κ1) is 12.9. The maximum atomic E-state index is 12.1. The zero-order valence-electron chi connectivity index (χ0n) is 10.2. The molecule has 1 aromatic heterocycles. The second kappa shape index (κ2) is 5.09. The SMILES string of the molecule is C[S@@](=O)c1c(-c2ccccc2)oc2ccc(I)cc12. The summed E-state index contributed by atoms with van der Waals surface area (Å²) in [6.45, 7) is 0. The Morgan fingerprint density at radius 3 is 2.53 bits per heavy atom. The number of halogens is 1. The van der Waals surface area contributed by atoms with Crippen molar-refractivity contribution in [1.29, 1.82) is 0 Å². The van der Waals surface area contributed by atoms with Gasteiger partial charge in [0.15, 0.2) is 5.76 Å². The van der Waals surface area contributed by atoms with E-state index in [9.17, 15) is 4.21 Å². The van der Waals surface area contributed by atoms with Crippen LogP contribution < -0.4 is 0 Å². The maximum Gasteiger partial charge on any atom is 0.151 e. The molecule has 2 nitrogen and oxygen atoms in total. The second-order valence-electron chi connectivity index (χ2n) is 4.22. The van der Waals surface area contributed by atoms with E-state index >= 15 is 0 Å². The molecular formula is C15H11IO2S. The summed E-state index contributed by atoms with van der Waals surface area (Å²) in [6.07, 6.45) is 1.69. The predicted molar refractivity (Wildman–Crippen MR) is 86.7 cm³/mol. The van der Waals surface area contributed by atoms with Gasteiger partial charge in [0.1, 0.15) is 5.58 Å². The van der Waals surface area contributed by atoms with Gasteiger partial charge in [0.25, 0.3) is 0 Å². The standard InChI is InChI=1S/C15H11IO2S/c1-19(17)15-12-9-11(16)7-8-13(12)18-14(15)10-5-3-2-4-6-10/h2-9H,1H3/t19-/m1/s1. The van der Waals surface area contributed by atoms with Crippen molar-refractivity contribution in [1.82, 2.24) is 0 Å². The normalized spacial score (nSPS) is 12.7. The lowest BCUT2D eigenvalue weighted by atomic mass is 10.1. The van der Waals surface area contributed by atoms with Crippen molar-refractivity contribution in [2.75, 3.05) is 6.26 Å². The van der Waals surface area contributed by atoms with Crippen LogP contribution in [-0.2, 0) is 10.8 Å². The topological polar surface area (TPSA) is 30.2 Å². The number of furan rings is 1. The zero-order chi connectivity index (χ0) is 13.4. The summed E-state index contributed by atoms with van der Waals surface area (Å²) in [5.74, 6) is 0.707. The van der Waals surface area contributed by atoms with Crippen LogP contribution in [-0.4, -0.2) is 10.5 Å². The van der Waals surface area contributed by atoms with E-state index in [1.807, 2.05) is 48.5 Å². The van der Waals surface area contributed by atoms with Crippen molar-refractivity contribution < 1.29 is 8.63 Å². The minimum Gasteiger partial charge on any atom is -0.455 e. The Labute approximate surface area is 127 Å². The molecule has 0 N–H and O–H groups in total. The van der Waals surface area contributed by atoms with Crippen LogP contribution in [0.5, 0.6) is 0 Å². The Morgan fingerprint density at radius 2 is 1.84 bits per heavy atom. The Balaban J connectivity index is 2.36. The highest BCUT2D eigenvalue weighted by atomic mass is 127. The van der Waals surface area contributed by atoms with E-state index in [0.717, 1.165) is 25.0 Å². The zero-order valence-corrected chi connectivity index (χ0v) is 13.2. The first-order chi connectivity index (χ1) is 9.16. The molecule has 0 radical (unpaired) electrons. The Morgan fingerprint density at radius 1 is 1.11 bits per heavy atom. The lowest BCUT2D eigenvalue weighted by Crippen LogP contribution is -1.89. The third-order valence-electron chi connectivity index (χ3n) is 2.93. The van der Waals surface area contributed by atoms with E-state index < -0.39 is 10.8 Å². The van der Waals surface area contributed by atoms with Crippen LogP contribution in [0.15, 0.2) is 57.8 Å². The first-order valence-corrected chi connectivity index (χ1v) is 8.41. The molecule has 0 spiro atoms. The van der Waals surface area contributed by atoms with Crippen molar-refractivity contribution in [3.63, 3.8) is 0 Å². The third kappa shape index (κ3) is 2.34. The molecule has 0 amide bonds. The van der Waals surface area contributed by atoms with Gasteiger partial charge in [0.2, 0.25) is 0 Å². The average Bonchev–Trinajstić information content (AvgIpc) is 2.78. The molecular weight excluding hydrogens is 371 g/mol. The van der Waals surface area contributed by atoms with Crippen molar-refractivity contribution in [3.8, 4) is 11.3 Å². The molecule has 3 rings (SSSR count). The summed E-state index contributed by atoms with van der Waals surface area (Å²) in [5.41, 5.74) is 1.74. The highest BCUT2D eigenvalue weighted by molar-refractivity contribution is 14.1. The van der Waals surface area contributed by atoms with Gasteiger partial charge in [-0.05, 0) is 40.8 Å². The van der Waals surface area contributed by atoms with Crippen molar-refractivity contribution in [3.05, 3.63) is 52.1 Å². The van der Waals surface area contributed by atoms with Gasteiger partial charge in [0, 0.05) is 20.8 Å². The van der Waals surface area contributed by atoms with Gasteiger partial charge in [0.05, 0.1) is 15.7 Å². The first-order valence-electron chi connectivity index (χ1n) is 5.77. The van der Waals surface area contributed by atoms with Gasteiger partial charge in [-0.2, -0.15) is 0 Å². The van der Waals surface area contributed by atoms with Gasteiger partial charge < -0.3 is 4.42 Å². The van der Waals surface area contributed by atoms with Crippen LogP contribution >= 0.6 is 22.6 Å². The van der Waals surface area contributed by atoms with Gasteiger partial charge in [-0.25, -0.2) is 0 Å². The molecule has 0 bridgehead atoms. The molecule has 4 heteroatoms. The Bertz CT molecular complexity index is 762. The van der Waals surface area contributed by atoms with Crippen LogP contribution in [0.4, 0.5) is 0 Å². The summed E-state index contributed by atoms with van der Waals surface area (Å²) in [7, 11) is -1.09. The average molecular weight is 382 g/mol. The summed E-state index contributed by atoms with van der Waals surface area (Å²) >= 11 is 2.25. The molecule has 0 aliphatic rings. The van der Waals surface area contributed by atoms with Crippen LogP contribution in [0.2, 0.25) is 0 Å². The quantitative estimate of drug-likeness (QED) is 0.614. The summed E-state index contributed by atoms with van der Waals surface area (Å²) in [4.78, 5) is 0.778. The minimum atomic E-state index is -1.09. The summed E-state index contributed by atoms with van der Waals surface area (Å²) in [5, 5.41) is 0.937. The van der Waals surface area contributed by atoms with Crippen molar-refractivity contribution in [2.24, 2.45) is 0 Å². The molecule has 3 aromatic rings. The molecule has 1 atom stereocenters. The molecule has 19 heavy (non-hydrogen) atoms. The van der Waals surface area contributed by atoms with Crippen molar-refractivity contribution >= 4 is 44.4 Å². The molecule has 0 saturated heterocycles. The molecule has 0 fully saturated rings. The van der Waals surface area contributed by atoms with Crippen LogP contribution in [0, 0.1) is 3.57 Å². The predicted octanol–water partition coefficient (Wildman–Crippen LogP) is 4.44. The molecule has 1 heterocycles. The summed E-state index contributed by atoms with van der Waals surface area (Å²) in [6, 6.07) is 15.7. The fourth-order valence-electron chi connectivity index (χ4n) is 2.11. The molecule has 0 unspecified atom stereocenters. The fraction of sp³-hybridized carbons (Fsp3) is 0.0667. The molecule has 0 saturated carbocycles. The second-order valence-corrected chi connectivity index (χ2v) is 6.78. The number of benzene rings is 2. The molecule has 2 aromatic carbocycles. The molecule has 96 valence electrons. The van der Waals surface area contributed by atoms with E-state index in [0.29, 0.717) is 5.76 Å². The van der Waals surface area contributed by atoms with E-state index in [2.05, 4.69) is 22.6 Å². The highest BCUT2D eigenvalue weighted by Crippen LogP contribution is 2.36. The van der Waals surface area contributed by atoms with Crippen LogP contribution in [0.1, 0.15) is 0 Å². The maximum absolute atomic E-state index is 12.1. The molecule has 0 aliphatic carbocycles. The fourth-order valence-corrected chi connectivity index (χ4v) is 3.49. The number of hydrogen-bond donors (Lipinski definition) is 0. The van der Waals surface area contributed by atoms with E-state index in [4.69, 9.17) is 4.42 Å². The Hall–Kier alpha value is -1.14. The van der Waals surface area contributed by atoms with Gasteiger partial charge in [-0.15, -0.1) is 0 Å². The molecule has 0 aliphatic heterocycles. The summed E-state index contributed by atoms with van der Waals surface area (Å²) < 4.78 is 19.1. The van der Waals surface area contributed by atoms with Gasteiger partial charge >= 0.3 is 0 Å². The van der Waals surface area contributed by atoms with Gasteiger partial charge in [-0.3, -0.25) is 4.21 Å². The van der Waals surface area contributed by atoms with E-state index in [1.165, 1.54) is 0 Å². The number of hydrogen-bond acceptors (Lipinski definition) is 2. The van der Waals surface area contributed by atoms with Crippen LogP contribution in [0.3, 0.4) is 0 Å². The van der Waals surface area contributed by atoms with Gasteiger partial charge in [-0.1, -0.05) is 30.3 Å². The largest absolute Gasteiger partial charge is 0.455 e. The smallest absolute Gasteiger partial charge is 0.151 e. The highest BCUT2D eigenvalue weighted by Gasteiger charge is 2.18. The number of fused-ring (bicyclic) bond motifs is 1. The minimum absolute atomic E-state index is 0.707.